The Balaban J connectivity index is 1.82. The molecule has 1 aliphatic heterocycles. The van der Waals surface area contributed by atoms with Crippen molar-refractivity contribution in [3.05, 3.63) is 30.3 Å². The van der Waals surface area contributed by atoms with E-state index < -0.39 is 0 Å². The lowest BCUT2D eigenvalue weighted by Crippen LogP contribution is -2.44. The van der Waals surface area contributed by atoms with Gasteiger partial charge in [-0.1, -0.05) is 18.2 Å². The summed E-state index contributed by atoms with van der Waals surface area (Å²) in [4.78, 5) is 9.33. The van der Waals surface area contributed by atoms with Crippen molar-refractivity contribution in [2.24, 2.45) is 4.99 Å². The molecule has 0 aliphatic carbocycles. The van der Waals surface area contributed by atoms with Crippen molar-refractivity contribution < 1.29 is 0 Å². The van der Waals surface area contributed by atoms with Crippen LogP contribution in [0.5, 0.6) is 0 Å². The Morgan fingerprint density at radius 3 is 2.78 bits per heavy atom. The molecule has 1 aromatic rings. The molecule has 5 nitrogen and oxygen atoms in total. The SMILES string of the molecule is CCNC(=NCCCN(C)C)NC1CCN(c2ccccc2)C1. The molecule has 0 saturated carbocycles. The summed E-state index contributed by atoms with van der Waals surface area (Å²) in [5.74, 6) is 0.950. The summed E-state index contributed by atoms with van der Waals surface area (Å²) in [6.07, 6.45) is 2.24. The number of benzene rings is 1. The Kier molecular flexibility index (Phi) is 7.20. The highest BCUT2D eigenvalue weighted by atomic mass is 15.2. The van der Waals surface area contributed by atoms with Gasteiger partial charge in [0.2, 0.25) is 0 Å². The van der Waals surface area contributed by atoms with Crippen molar-refractivity contribution in [1.29, 1.82) is 0 Å². The lowest BCUT2D eigenvalue weighted by molar-refractivity contribution is 0.403. The van der Waals surface area contributed by atoms with Crippen LogP contribution in [0.1, 0.15) is 19.8 Å². The molecule has 1 aromatic carbocycles. The van der Waals surface area contributed by atoms with E-state index in [2.05, 4.69) is 71.8 Å². The zero-order chi connectivity index (χ0) is 16.5. The number of guanidine groups is 1. The Morgan fingerprint density at radius 1 is 1.30 bits per heavy atom. The van der Waals surface area contributed by atoms with Crippen LogP contribution in [0.3, 0.4) is 0 Å². The zero-order valence-electron chi connectivity index (χ0n) is 14.8. The van der Waals surface area contributed by atoms with Gasteiger partial charge in [-0.05, 0) is 52.5 Å². The van der Waals surface area contributed by atoms with Gasteiger partial charge in [-0.2, -0.15) is 0 Å². The third-order valence-electron chi connectivity index (χ3n) is 4.03. The van der Waals surface area contributed by atoms with E-state index in [0.29, 0.717) is 6.04 Å². The topological polar surface area (TPSA) is 42.9 Å². The maximum absolute atomic E-state index is 4.70. The van der Waals surface area contributed by atoms with Crippen LogP contribution < -0.4 is 15.5 Å². The van der Waals surface area contributed by atoms with Crippen molar-refractivity contribution >= 4 is 11.6 Å². The maximum atomic E-state index is 4.70. The summed E-state index contributed by atoms with van der Waals surface area (Å²) < 4.78 is 0. The molecule has 0 bridgehead atoms. The first-order chi connectivity index (χ1) is 11.2. The second-order valence-electron chi connectivity index (χ2n) is 6.33. The predicted molar refractivity (Wildman–Crippen MR) is 99.3 cm³/mol. The van der Waals surface area contributed by atoms with Gasteiger partial charge < -0.3 is 20.4 Å². The minimum Gasteiger partial charge on any atom is -0.369 e. The van der Waals surface area contributed by atoms with E-state index in [1.807, 2.05) is 0 Å². The number of hydrogen-bond acceptors (Lipinski definition) is 3. The van der Waals surface area contributed by atoms with Crippen LogP contribution in [-0.4, -0.2) is 63.7 Å². The third kappa shape index (κ3) is 6.10. The van der Waals surface area contributed by atoms with Crippen LogP contribution >= 0.6 is 0 Å². The Hall–Kier alpha value is -1.75. The largest absolute Gasteiger partial charge is 0.369 e. The molecule has 23 heavy (non-hydrogen) atoms. The minimum atomic E-state index is 0.460. The van der Waals surface area contributed by atoms with Crippen LogP contribution in [0, 0.1) is 0 Å². The first kappa shape index (κ1) is 17.6. The van der Waals surface area contributed by atoms with Crippen molar-refractivity contribution in [3.8, 4) is 0 Å². The first-order valence-electron chi connectivity index (χ1n) is 8.68. The van der Waals surface area contributed by atoms with E-state index in [9.17, 15) is 0 Å². The molecular weight excluding hydrogens is 286 g/mol. The molecule has 0 aromatic heterocycles. The fraction of sp³-hybridized carbons (Fsp3) is 0.611. The fourth-order valence-electron chi connectivity index (χ4n) is 2.84. The second-order valence-corrected chi connectivity index (χ2v) is 6.33. The molecule has 128 valence electrons. The van der Waals surface area contributed by atoms with Gasteiger partial charge in [0, 0.05) is 37.9 Å². The summed E-state index contributed by atoms with van der Waals surface area (Å²) in [7, 11) is 4.20. The predicted octanol–water partition coefficient (Wildman–Crippen LogP) is 1.77. The molecule has 1 aliphatic rings. The van der Waals surface area contributed by atoms with Crippen LogP contribution in [0.4, 0.5) is 5.69 Å². The van der Waals surface area contributed by atoms with Crippen LogP contribution in [-0.2, 0) is 0 Å². The van der Waals surface area contributed by atoms with E-state index in [1.54, 1.807) is 0 Å². The highest BCUT2D eigenvalue weighted by molar-refractivity contribution is 5.80. The highest BCUT2D eigenvalue weighted by Gasteiger charge is 2.23. The second kappa shape index (κ2) is 9.40. The lowest BCUT2D eigenvalue weighted by atomic mass is 10.3. The van der Waals surface area contributed by atoms with E-state index in [-0.39, 0.29) is 0 Å². The maximum Gasteiger partial charge on any atom is 0.191 e. The van der Waals surface area contributed by atoms with Gasteiger partial charge in [-0.3, -0.25) is 4.99 Å². The monoisotopic (exact) mass is 317 g/mol. The normalized spacial score (nSPS) is 18.5. The molecule has 0 spiro atoms. The van der Waals surface area contributed by atoms with Gasteiger partial charge in [0.25, 0.3) is 0 Å². The van der Waals surface area contributed by atoms with Gasteiger partial charge in [0.05, 0.1) is 0 Å². The van der Waals surface area contributed by atoms with Crippen LogP contribution in [0.2, 0.25) is 0 Å². The third-order valence-corrected chi connectivity index (χ3v) is 4.03. The van der Waals surface area contributed by atoms with E-state index in [0.717, 1.165) is 51.5 Å². The molecule has 0 amide bonds. The van der Waals surface area contributed by atoms with Crippen molar-refractivity contribution in [1.82, 2.24) is 15.5 Å². The molecule has 2 N–H and O–H groups in total. The molecule has 1 atom stereocenters. The number of nitrogens with zero attached hydrogens (tertiary/aromatic N) is 3. The molecule has 5 heteroatoms. The smallest absolute Gasteiger partial charge is 0.191 e. The summed E-state index contributed by atoms with van der Waals surface area (Å²) in [5.41, 5.74) is 1.31. The molecule has 1 fully saturated rings. The van der Waals surface area contributed by atoms with Crippen LogP contribution in [0.25, 0.3) is 0 Å². The minimum absolute atomic E-state index is 0.460. The zero-order valence-corrected chi connectivity index (χ0v) is 14.8. The number of hydrogen-bond donors (Lipinski definition) is 2. The van der Waals surface area contributed by atoms with E-state index in [4.69, 9.17) is 4.99 Å². The Labute approximate surface area is 140 Å². The number of aliphatic imine (C=N–C) groups is 1. The number of rotatable bonds is 7. The van der Waals surface area contributed by atoms with Gasteiger partial charge in [0.15, 0.2) is 5.96 Å². The molecule has 1 heterocycles. The Bertz CT molecular complexity index is 472. The lowest BCUT2D eigenvalue weighted by Gasteiger charge is -2.20. The van der Waals surface area contributed by atoms with Gasteiger partial charge in [0.1, 0.15) is 0 Å². The molecule has 0 radical (unpaired) electrons. The molecule has 1 unspecified atom stereocenters. The highest BCUT2D eigenvalue weighted by Crippen LogP contribution is 2.19. The van der Waals surface area contributed by atoms with Crippen molar-refractivity contribution in [2.45, 2.75) is 25.8 Å². The fourth-order valence-corrected chi connectivity index (χ4v) is 2.84. The van der Waals surface area contributed by atoms with Crippen molar-refractivity contribution in [2.75, 3.05) is 51.7 Å². The van der Waals surface area contributed by atoms with Gasteiger partial charge in [-0.15, -0.1) is 0 Å². The average molecular weight is 317 g/mol. The summed E-state index contributed by atoms with van der Waals surface area (Å²) in [6, 6.07) is 11.1. The van der Waals surface area contributed by atoms with E-state index >= 15 is 0 Å². The number of para-hydroxylation sites is 1. The molecular formula is C18H31N5. The van der Waals surface area contributed by atoms with Gasteiger partial charge >= 0.3 is 0 Å². The molecule has 1 saturated heterocycles. The summed E-state index contributed by atoms with van der Waals surface area (Å²) in [6.45, 7) is 7.08. The van der Waals surface area contributed by atoms with Crippen LogP contribution in [0.15, 0.2) is 35.3 Å². The number of nitrogens with one attached hydrogen (secondary N) is 2. The first-order valence-corrected chi connectivity index (χ1v) is 8.68. The summed E-state index contributed by atoms with van der Waals surface area (Å²) in [5, 5.41) is 6.95. The average Bonchev–Trinajstić information content (AvgIpc) is 3.01. The standard InChI is InChI=1S/C18H31N5/c1-4-19-18(20-12-8-13-22(2)3)21-16-11-14-23(15-16)17-9-6-5-7-10-17/h5-7,9-10,16H,4,8,11-15H2,1-3H3,(H2,19,20,21). The summed E-state index contributed by atoms with van der Waals surface area (Å²) >= 11 is 0. The van der Waals surface area contributed by atoms with Crippen molar-refractivity contribution in [3.63, 3.8) is 0 Å². The molecule has 2 rings (SSSR count). The Morgan fingerprint density at radius 2 is 2.09 bits per heavy atom. The van der Waals surface area contributed by atoms with Gasteiger partial charge in [-0.25, -0.2) is 0 Å². The quantitative estimate of drug-likeness (QED) is 0.457. The van der Waals surface area contributed by atoms with E-state index in [1.165, 1.54) is 5.69 Å². The number of anilines is 1.